The molecule has 4 aromatic rings. The lowest BCUT2D eigenvalue weighted by Gasteiger charge is -2.33. The molecule has 3 heteroatoms. The van der Waals surface area contributed by atoms with Crippen molar-refractivity contribution in [3.63, 3.8) is 0 Å². The number of hydrogen-bond acceptors (Lipinski definition) is 3. The maximum atomic E-state index is 3.99. The Morgan fingerprint density at radius 1 is 0.390 bits per heavy atom. The highest BCUT2D eigenvalue weighted by atomic mass is 15.8. The minimum atomic E-state index is 0.367. The van der Waals surface area contributed by atoms with Gasteiger partial charge in [-0.25, -0.2) is 0 Å². The summed E-state index contributed by atoms with van der Waals surface area (Å²) in [4.78, 5) is 0. The van der Waals surface area contributed by atoms with Gasteiger partial charge in [-0.15, -0.1) is 5.53 Å². The van der Waals surface area contributed by atoms with Gasteiger partial charge in [0.2, 0.25) is 0 Å². The Labute approximate surface area is 247 Å². The van der Waals surface area contributed by atoms with E-state index >= 15 is 0 Å². The molecule has 0 aliphatic carbocycles. The van der Waals surface area contributed by atoms with E-state index in [2.05, 4.69) is 168 Å². The van der Waals surface area contributed by atoms with Crippen LogP contribution in [0.2, 0.25) is 0 Å². The third-order valence-electron chi connectivity index (χ3n) is 8.10. The second-order valence-electron chi connectivity index (χ2n) is 12.4. The lowest BCUT2D eigenvalue weighted by Crippen LogP contribution is -2.43. The molecule has 1 aliphatic rings. The molecule has 0 amide bonds. The van der Waals surface area contributed by atoms with Crippen LogP contribution in [0.25, 0.3) is 11.4 Å². The number of hydrogen-bond donors (Lipinski definition) is 1. The van der Waals surface area contributed by atoms with Gasteiger partial charge in [0.15, 0.2) is 0 Å². The van der Waals surface area contributed by atoms with Gasteiger partial charge in [0.1, 0.15) is 0 Å². The molecule has 0 radical (unpaired) electrons. The molecule has 41 heavy (non-hydrogen) atoms. The first kappa shape index (κ1) is 28.7. The van der Waals surface area contributed by atoms with Crippen LogP contribution >= 0.6 is 0 Å². The number of rotatable bonds is 8. The minimum absolute atomic E-state index is 0.367. The van der Waals surface area contributed by atoms with E-state index in [1.165, 1.54) is 56.1 Å². The summed E-state index contributed by atoms with van der Waals surface area (Å²) in [6, 6.07) is 35.3. The molecule has 0 saturated carbocycles. The van der Waals surface area contributed by atoms with Gasteiger partial charge in [-0.3, -0.25) is 10.0 Å². The molecule has 0 spiro atoms. The van der Waals surface area contributed by atoms with Crippen molar-refractivity contribution in [2.75, 3.05) is 10.0 Å². The second-order valence-corrected chi connectivity index (χ2v) is 12.4. The number of anilines is 2. The van der Waals surface area contributed by atoms with Gasteiger partial charge in [0, 0.05) is 11.1 Å². The van der Waals surface area contributed by atoms with E-state index in [-0.39, 0.29) is 0 Å². The van der Waals surface area contributed by atoms with Crippen molar-refractivity contribution in [3.05, 3.63) is 130 Å². The number of nitrogens with one attached hydrogen (secondary N) is 1. The molecule has 0 aromatic heterocycles. The first-order valence-electron chi connectivity index (χ1n) is 15.2. The zero-order chi connectivity index (χ0) is 29.3. The SMILES string of the molecule is CC(C)c1cccc(C(C)C)c1N1NN(c2c(C(C)C)cccc2C(C)C)C(c2ccccc2)=C1c1ccccc1. The van der Waals surface area contributed by atoms with E-state index in [1.807, 2.05) is 0 Å². The summed E-state index contributed by atoms with van der Waals surface area (Å²) in [6.45, 7) is 18.4. The highest BCUT2D eigenvalue weighted by molar-refractivity contribution is 6.05. The van der Waals surface area contributed by atoms with E-state index in [9.17, 15) is 0 Å². The predicted molar refractivity (Wildman–Crippen MR) is 177 cm³/mol. The molecule has 1 heterocycles. The predicted octanol–water partition coefficient (Wildman–Crippen LogP) is 10.5. The maximum absolute atomic E-state index is 3.99. The number of para-hydroxylation sites is 2. The Morgan fingerprint density at radius 3 is 0.951 bits per heavy atom. The van der Waals surface area contributed by atoms with Gasteiger partial charge in [-0.05, 0) is 45.9 Å². The Hall–Kier alpha value is -3.82. The summed E-state index contributed by atoms with van der Waals surface area (Å²) >= 11 is 0. The van der Waals surface area contributed by atoms with E-state index in [1.54, 1.807) is 0 Å². The fourth-order valence-electron chi connectivity index (χ4n) is 6.00. The van der Waals surface area contributed by atoms with Gasteiger partial charge in [-0.2, -0.15) is 0 Å². The zero-order valence-corrected chi connectivity index (χ0v) is 25.9. The quantitative estimate of drug-likeness (QED) is 0.238. The van der Waals surface area contributed by atoms with Gasteiger partial charge in [-0.1, -0.05) is 152 Å². The maximum Gasteiger partial charge on any atom is 0.0927 e. The van der Waals surface area contributed by atoms with Crippen LogP contribution in [0.3, 0.4) is 0 Å². The number of hydrazine groups is 2. The number of nitrogens with zero attached hydrogens (tertiary/aromatic N) is 2. The van der Waals surface area contributed by atoms with Crippen molar-refractivity contribution in [2.45, 2.75) is 79.1 Å². The molecule has 5 rings (SSSR count). The summed E-state index contributed by atoms with van der Waals surface area (Å²) in [5.74, 6) is 1.47. The molecule has 1 N–H and O–H groups in total. The van der Waals surface area contributed by atoms with Gasteiger partial charge in [0.25, 0.3) is 0 Å². The van der Waals surface area contributed by atoms with Crippen LogP contribution in [0, 0.1) is 0 Å². The third-order valence-corrected chi connectivity index (χ3v) is 8.10. The van der Waals surface area contributed by atoms with E-state index < -0.39 is 0 Å². The Morgan fingerprint density at radius 2 is 0.683 bits per heavy atom. The smallest absolute Gasteiger partial charge is 0.0927 e. The Balaban J connectivity index is 1.91. The van der Waals surface area contributed by atoms with Crippen molar-refractivity contribution in [1.29, 1.82) is 0 Å². The summed E-state index contributed by atoms with van der Waals surface area (Å²) < 4.78 is 0. The van der Waals surface area contributed by atoms with Crippen molar-refractivity contribution < 1.29 is 0 Å². The molecule has 3 nitrogen and oxygen atoms in total. The molecule has 0 bridgehead atoms. The van der Waals surface area contributed by atoms with Crippen LogP contribution in [0.5, 0.6) is 0 Å². The van der Waals surface area contributed by atoms with E-state index in [0.717, 1.165) is 0 Å². The lowest BCUT2D eigenvalue weighted by molar-refractivity contribution is 0.721. The van der Waals surface area contributed by atoms with Crippen LogP contribution in [0.15, 0.2) is 97.1 Å². The summed E-state index contributed by atoms with van der Waals surface area (Å²) in [6.07, 6.45) is 0. The Kier molecular flexibility index (Phi) is 8.37. The van der Waals surface area contributed by atoms with E-state index in [0.29, 0.717) is 23.7 Å². The van der Waals surface area contributed by atoms with Gasteiger partial charge < -0.3 is 0 Å². The molecule has 0 unspecified atom stereocenters. The normalized spacial score (nSPS) is 14.0. The highest BCUT2D eigenvalue weighted by Gasteiger charge is 2.37. The fourth-order valence-corrected chi connectivity index (χ4v) is 6.00. The zero-order valence-electron chi connectivity index (χ0n) is 25.9. The molecule has 1 aliphatic heterocycles. The topological polar surface area (TPSA) is 18.5 Å². The summed E-state index contributed by atoms with van der Waals surface area (Å²) in [5.41, 5.74) is 16.6. The largest absolute Gasteiger partial charge is 0.255 e. The first-order chi connectivity index (χ1) is 19.7. The summed E-state index contributed by atoms with van der Waals surface area (Å²) in [5, 5.41) is 4.76. The van der Waals surface area contributed by atoms with Crippen molar-refractivity contribution >= 4 is 22.8 Å². The van der Waals surface area contributed by atoms with Crippen LogP contribution in [-0.4, -0.2) is 0 Å². The molecule has 0 atom stereocenters. The average Bonchev–Trinajstić information content (AvgIpc) is 3.37. The number of benzene rings is 4. The molecule has 4 aromatic carbocycles. The van der Waals surface area contributed by atoms with Gasteiger partial charge in [0.05, 0.1) is 22.8 Å². The van der Waals surface area contributed by atoms with Crippen LogP contribution in [-0.2, 0) is 0 Å². The van der Waals surface area contributed by atoms with E-state index in [4.69, 9.17) is 0 Å². The van der Waals surface area contributed by atoms with Crippen LogP contribution in [0.4, 0.5) is 11.4 Å². The molecule has 212 valence electrons. The molecular formula is C38H45N3. The van der Waals surface area contributed by atoms with Crippen molar-refractivity contribution in [1.82, 2.24) is 5.53 Å². The minimum Gasteiger partial charge on any atom is -0.255 e. The molecule has 0 fully saturated rings. The molecule has 0 saturated heterocycles. The fraction of sp³-hybridized carbons (Fsp3) is 0.316. The first-order valence-corrected chi connectivity index (χ1v) is 15.2. The monoisotopic (exact) mass is 543 g/mol. The average molecular weight is 544 g/mol. The summed E-state index contributed by atoms with van der Waals surface area (Å²) in [7, 11) is 0. The standard InChI is InChI=1S/C38H45N3/c1-25(2)31-21-15-22-32(26(3)4)37(31)40-35(29-17-11-9-12-18-29)36(30-19-13-10-14-20-30)41(39-40)38-33(27(5)6)23-16-24-34(38)28(7)8/h9-28,39H,1-8H3. The van der Waals surface area contributed by atoms with Crippen molar-refractivity contribution in [3.8, 4) is 0 Å². The second kappa shape index (κ2) is 12.0. The third kappa shape index (κ3) is 5.44. The van der Waals surface area contributed by atoms with Gasteiger partial charge >= 0.3 is 0 Å². The lowest BCUT2D eigenvalue weighted by atomic mass is 9.91. The molecular weight excluding hydrogens is 498 g/mol. The highest BCUT2D eigenvalue weighted by Crippen LogP contribution is 2.47. The Bertz CT molecular complexity index is 1350. The van der Waals surface area contributed by atoms with Crippen LogP contribution in [0.1, 0.15) is 112 Å². The van der Waals surface area contributed by atoms with Crippen molar-refractivity contribution in [2.24, 2.45) is 0 Å². The van der Waals surface area contributed by atoms with Crippen LogP contribution < -0.4 is 15.6 Å².